The lowest BCUT2D eigenvalue weighted by Crippen LogP contribution is -2.22. The largest absolute Gasteiger partial charge is 0.451 e. The van der Waals surface area contributed by atoms with E-state index in [0.29, 0.717) is 11.6 Å². The van der Waals surface area contributed by atoms with Crippen LogP contribution in [-0.4, -0.2) is 27.9 Å². The molecule has 134 valence electrons. The molecular weight excluding hydrogens is 330 g/mol. The molecule has 3 aromatic rings. The Morgan fingerprint density at radius 3 is 2.73 bits per heavy atom. The number of para-hydroxylation sites is 1. The number of fused-ring (bicyclic) bond motifs is 1. The zero-order chi connectivity index (χ0) is 18.5. The van der Waals surface area contributed by atoms with E-state index in [1.807, 2.05) is 36.4 Å². The minimum absolute atomic E-state index is 0.170. The minimum Gasteiger partial charge on any atom is -0.451 e. The van der Waals surface area contributed by atoms with Gasteiger partial charge in [-0.15, -0.1) is 0 Å². The Hall–Kier alpha value is -3.15. The number of amides is 1. The van der Waals surface area contributed by atoms with Crippen LogP contribution in [0.5, 0.6) is 0 Å². The van der Waals surface area contributed by atoms with E-state index < -0.39 is 5.97 Å². The molecule has 1 N–H and O–H groups in total. The van der Waals surface area contributed by atoms with Crippen molar-refractivity contribution in [3.63, 3.8) is 0 Å². The van der Waals surface area contributed by atoms with Crippen molar-refractivity contribution in [2.75, 3.05) is 11.9 Å². The van der Waals surface area contributed by atoms with Gasteiger partial charge in [0.1, 0.15) is 5.65 Å². The van der Waals surface area contributed by atoms with Crippen molar-refractivity contribution < 1.29 is 14.3 Å². The molecule has 26 heavy (non-hydrogen) atoms. The number of benzene rings is 1. The van der Waals surface area contributed by atoms with Gasteiger partial charge < -0.3 is 14.5 Å². The van der Waals surface area contributed by atoms with Crippen LogP contribution >= 0.6 is 0 Å². The number of carbonyl (C=O) groups excluding carboxylic acids is 2. The van der Waals surface area contributed by atoms with Crippen molar-refractivity contribution >= 4 is 23.2 Å². The number of nitrogens with zero attached hydrogens (tertiary/aromatic N) is 2. The first kappa shape index (κ1) is 17.7. The molecule has 3 rings (SSSR count). The number of rotatable bonds is 6. The highest BCUT2D eigenvalue weighted by Crippen LogP contribution is 2.26. The molecule has 2 aromatic heterocycles. The summed E-state index contributed by atoms with van der Waals surface area (Å²) in [5.74, 6) is -0.677. The molecule has 1 atom stereocenters. The van der Waals surface area contributed by atoms with Gasteiger partial charge in [-0.25, -0.2) is 9.78 Å². The Balaban J connectivity index is 1.61. The van der Waals surface area contributed by atoms with Gasteiger partial charge in [-0.05, 0) is 36.1 Å². The van der Waals surface area contributed by atoms with Crippen molar-refractivity contribution in [3.05, 3.63) is 66.1 Å². The molecule has 6 heteroatoms. The molecule has 0 aliphatic rings. The summed E-state index contributed by atoms with van der Waals surface area (Å²) >= 11 is 0. The number of hydrogen-bond acceptors (Lipinski definition) is 4. The highest BCUT2D eigenvalue weighted by atomic mass is 16.5. The van der Waals surface area contributed by atoms with Crippen LogP contribution in [0.3, 0.4) is 0 Å². The first-order valence-electron chi connectivity index (χ1n) is 8.58. The van der Waals surface area contributed by atoms with Gasteiger partial charge in [0.25, 0.3) is 5.91 Å². The van der Waals surface area contributed by atoms with Crippen LogP contribution in [0.1, 0.15) is 42.2 Å². The number of carbonyl (C=O) groups is 2. The summed E-state index contributed by atoms with van der Waals surface area (Å²) in [7, 11) is 0. The second kappa shape index (κ2) is 7.82. The van der Waals surface area contributed by atoms with Gasteiger partial charge in [-0.2, -0.15) is 0 Å². The zero-order valence-corrected chi connectivity index (χ0v) is 14.8. The third-order valence-corrected chi connectivity index (χ3v) is 4.29. The monoisotopic (exact) mass is 351 g/mol. The average molecular weight is 351 g/mol. The molecule has 1 amide bonds. The maximum atomic E-state index is 12.2. The molecule has 0 fully saturated rings. The third-order valence-electron chi connectivity index (χ3n) is 4.29. The fourth-order valence-corrected chi connectivity index (χ4v) is 2.68. The molecule has 2 heterocycles. The summed E-state index contributed by atoms with van der Waals surface area (Å²) in [6.45, 7) is 3.84. The van der Waals surface area contributed by atoms with Gasteiger partial charge in [0.2, 0.25) is 0 Å². The number of esters is 1. The number of pyridine rings is 1. The number of imidazole rings is 1. The van der Waals surface area contributed by atoms with Gasteiger partial charge >= 0.3 is 5.97 Å². The predicted octanol–water partition coefficient (Wildman–Crippen LogP) is 3.64. The van der Waals surface area contributed by atoms with Gasteiger partial charge in [0, 0.05) is 18.1 Å². The lowest BCUT2D eigenvalue weighted by Gasteiger charge is -2.15. The van der Waals surface area contributed by atoms with E-state index in [0.717, 1.165) is 17.7 Å². The molecule has 0 saturated heterocycles. The lowest BCUT2D eigenvalue weighted by atomic mass is 9.97. The first-order valence-corrected chi connectivity index (χ1v) is 8.58. The molecule has 0 spiro atoms. The van der Waals surface area contributed by atoms with Crippen LogP contribution in [0.25, 0.3) is 5.65 Å². The second-order valence-electron chi connectivity index (χ2n) is 6.11. The van der Waals surface area contributed by atoms with E-state index in [1.54, 1.807) is 22.9 Å². The highest BCUT2D eigenvalue weighted by Gasteiger charge is 2.15. The Labute approximate surface area is 151 Å². The standard InChI is InChI=1S/C20H21N3O3/c1-3-14(2)15-8-4-5-9-16(15)22-19(24)13-26-20(25)17-12-23-11-7-6-10-18(23)21-17/h4-12,14H,3,13H2,1-2H3,(H,22,24)/t14-/m1/s1. The van der Waals surface area contributed by atoms with E-state index in [-0.39, 0.29) is 18.2 Å². The van der Waals surface area contributed by atoms with Crippen LogP contribution in [0.4, 0.5) is 5.69 Å². The minimum atomic E-state index is -0.626. The molecule has 0 aliphatic carbocycles. The molecule has 0 bridgehead atoms. The number of ether oxygens (including phenoxy) is 1. The molecule has 6 nitrogen and oxygen atoms in total. The molecule has 0 aliphatic heterocycles. The van der Waals surface area contributed by atoms with Crippen LogP contribution in [-0.2, 0) is 9.53 Å². The van der Waals surface area contributed by atoms with E-state index in [4.69, 9.17) is 4.74 Å². The summed E-state index contributed by atoms with van der Waals surface area (Å²) in [5.41, 5.74) is 2.63. The number of aromatic nitrogens is 2. The topological polar surface area (TPSA) is 72.7 Å². The fraction of sp³-hybridized carbons (Fsp3) is 0.250. The third kappa shape index (κ3) is 3.91. The van der Waals surface area contributed by atoms with E-state index in [1.165, 1.54) is 0 Å². The van der Waals surface area contributed by atoms with Crippen LogP contribution in [0.2, 0.25) is 0 Å². The van der Waals surface area contributed by atoms with E-state index in [2.05, 4.69) is 24.1 Å². The summed E-state index contributed by atoms with van der Waals surface area (Å²) in [4.78, 5) is 28.5. The quantitative estimate of drug-likeness (QED) is 0.688. The van der Waals surface area contributed by atoms with Crippen molar-refractivity contribution in [2.45, 2.75) is 26.2 Å². The van der Waals surface area contributed by atoms with Gasteiger partial charge in [-0.3, -0.25) is 4.79 Å². The lowest BCUT2D eigenvalue weighted by molar-refractivity contribution is -0.119. The summed E-state index contributed by atoms with van der Waals surface area (Å²) in [5, 5.41) is 2.82. The van der Waals surface area contributed by atoms with Gasteiger partial charge in [-0.1, -0.05) is 38.1 Å². The fourth-order valence-electron chi connectivity index (χ4n) is 2.68. The first-order chi connectivity index (χ1) is 12.6. The van der Waals surface area contributed by atoms with Gasteiger partial charge in [0.15, 0.2) is 12.3 Å². The van der Waals surface area contributed by atoms with Gasteiger partial charge in [0.05, 0.1) is 0 Å². The van der Waals surface area contributed by atoms with Crippen LogP contribution in [0.15, 0.2) is 54.9 Å². The van der Waals surface area contributed by atoms with E-state index in [9.17, 15) is 9.59 Å². The molecule has 0 unspecified atom stereocenters. The molecule has 0 radical (unpaired) electrons. The van der Waals surface area contributed by atoms with Crippen molar-refractivity contribution in [2.24, 2.45) is 0 Å². The van der Waals surface area contributed by atoms with Crippen LogP contribution < -0.4 is 5.32 Å². The Bertz CT molecular complexity index is 900. The highest BCUT2D eigenvalue weighted by molar-refractivity contribution is 5.95. The smallest absolute Gasteiger partial charge is 0.359 e. The maximum absolute atomic E-state index is 12.2. The SMILES string of the molecule is CC[C@@H](C)c1ccccc1NC(=O)COC(=O)c1cn2ccccc2n1. The average Bonchev–Trinajstić information content (AvgIpc) is 3.10. The van der Waals surface area contributed by atoms with Crippen LogP contribution in [0, 0.1) is 0 Å². The zero-order valence-electron chi connectivity index (χ0n) is 14.8. The Morgan fingerprint density at radius 1 is 1.19 bits per heavy atom. The summed E-state index contributed by atoms with van der Waals surface area (Å²) in [6.07, 6.45) is 4.33. The normalized spacial score (nSPS) is 11.9. The van der Waals surface area contributed by atoms with Crippen molar-refractivity contribution in [3.8, 4) is 0 Å². The predicted molar refractivity (Wildman–Crippen MR) is 99.3 cm³/mol. The Kier molecular flexibility index (Phi) is 5.31. The summed E-state index contributed by atoms with van der Waals surface area (Å²) in [6, 6.07) is 13.1. The maximum Gasteiger partial charge on any atom is 0.359 e. The molecule has 1 aromatic carbocycles. The molecular formula is C20H21N3O3. The Morgan fingerprint density at radius 2 is 1.96 bits per heavy atom. The van der Waals surface area contributed by atoms with Crippen molar-refractivity contribution in [1.82, 2.24) is 9.38 Å². The van der Waals surface area contributed by atoms with Crippen molar-refractivity contribution in [1.29, 1.82) is 0 Å². The van der Waals surface area contributed by atoms with E-state index >= 15 is 0 Å². The number of hydrogen-bond donors (Lipinski definition) is 1. The molecule has 0 saturated carbocycles. The second-order valence-corrected chi connectivity index (χ2v) is 6.11. The summed E-state index contributed by atoms with van der Waals surface area (Å²) < 4.78 is 6.81. The number of anilines is 1. The number of nitrogens with one attached hydrogen (secondary N) is 1.